The van der Waals surface area contributed by atoms with Crippen molar-refractivity contribution in [2.45, 2.75) is 45.7 Å². The van der Waals surface area contributed by atoms with Gasteiger partial charge in [0.1, 0.15) is 5.69 Å². The Bertz CT molecular complexity index is 1090. The summed E-state index contributed by atoms with van der Waals surface area (Å²) >= 11 is 0. The zero-order valence-corrected chi connectivity index (χ0v) is 20.2. The molecule has 7 heteroatoms. The number of Topliss-reactive ketones (excluding diaryl/α,β-unsaturated/α-hetero) is 1. The largest absolute Gasteiger partial charge is 0.352 e. The first-order chi connectivity index (χ1) is 16.9. The lowest BCUT2D eigenvalue weighted by Crippen LogP contribution is -2.44. The first-order valence-corrected chi connectivity index (χ1v) is 11.9. The number of nitrogens with zero attached hydrogens (tertiary/aromatic N) is 2. The predicted octanol–water partition coefficient (Wildman–Crippen LogP) is 3.76. The van der Waals surface area contributed by atoms with E-state index in [9.17, 15) is 14.4 Å². The van der Waals surface area contributed by atoms with E-state index in [1.54, 1.807) is 0 Å². The number of carbonyl (C=O) groups is 3. The summed E-state index contributed by atoms with van der Waals surface area (Å²) in [6, 6.07) is 18.4. The molecule has 1 heterocycles. The van der Waals surface area contributed by atoms with Crippen molar-refractivity contribution >= 4 is 17.6 Å². The number of carbonyl (C=O) groups excluding carboxylic acids is 3. The van der Waals surface area contributed by atoms with Gasteiger partial charge in [-0.2, -0.15) is 0 Å². The summed E-state index contributed by atoms with van der Waals surface area (Å²) in [5.41, 5.74) is 2.05. The number of hydrogen-bond donors (Lipinski definition) is 2. The smallest absolute Gasteiger partial charge is 0.272 e. The number of aromatic nitrogens is 2. The lowest BCUT2D eigenvalue weighted by molar-refractivity contribution is -0.130. The highest BCUT2D eigenvalue weighted by atomic mass is 16.2. The third kappa shape index (κ3) is 8.45. The fraction of sp³-hybridized carbons (Fsp3) is 0.321. The molecule has 2 amide bonds. The van der Waals surface area contributed by atoms with Crippen LogP contribution in [0.5, 0.6) is 0 Å². The van der Waals surface area contributed by atoms with E-state index in [0.29, 0.717) is 19.4 Å². The van der Waals surface area contributed by atoms with Crippen molar-refractivity contribution < 1.29 is 14.4 Å². The van der Waals surface area contributed by atoms with E-state index in [-0.39, 0.29) is 29.7 Å². The summed E-state index contributed by atoms with van der Waals surface area (Å²) in [4.78, 5) is 47.2. The van der Waals surface area contributed by atoms with Crippen LogP contribution in [0.4, 0.5) is 0 Å². The lowest BCUT2D eigenvalue weighted by Gasteiger charge is -2.22. The molecule has 2 aromatic carbocycles. The average Bonchev–Trinajstić information content (AvgIpc) is 2.88. The quantitative estimate of drug-likeness (QED) is 0.418. The average molecular weight is 473 g/mol. The summed E-state index contributed by atoms with van der Waals surface area (Å²) in [5, 5.41) is 5.78. The van der Waals surface area contributed by atoms with Gasteiger partial charge in [0, 0.05) is 31.3 Å². The minimum atomic E-state index is -0.788. The Kier molecular flexibility index (Phi) is 9.66. The zero-order valence-electron chi connectivity index (χ0n) is 20.2. The number of benzene rings is 2. The van der Waals surface area contributed by atoms with Gasteiger partial charge in [-0.3, -0.25) is 19.4 Å². The van der Waals surface area contributed by atoms with Gasteiger partial charge in [0.15, 0.2) is 5.78 Å². The van der Waals surface area contributed by atoms with Crippen molar-refractivity contribution in [2.75, 3.05) is 0 Å². The molecule has 7 nitrogen and oxygen atoms in total. The maximum atomic E-state index is 13.5. The molecule has 0 fully saturated rings. The maximum absolute atomic E-state index is 13.5. The van der Waals surface area contributed by atoms with Gasteiger partial charge in [0.2, 0.25) is 5.91 Å². The molecule has 35 heavy (non-hydrogen) atoms. The highest BCUT2D eigenvalue weighted by Gasteiger charge is 2.29. The van der Waals surface area contributed by atoms with Crippen LogP contribution in [0.3, 0.4) is 0 Å². The van der Waals surface area contributed by atoms with Gasteiger partial charge in [-0.05, 0) is 29.9 Å². The first kappa shape index (κ1) is 25.7. The number of hydrogen-bond acceptors (Lipinski definition) is 5. The maximum Gasteiger partial charge on any atom is 0.272 e. The van der Waals surface area contributed by atoms with E-state index in [2.05, 4.69) is 20.6 Å². The number of amides is 2. The third-order valence-corrected chi connectivity index (χ3v) is 5.66. The Morgan fingerprint density at radius 2 is 1.54 bits per heavy atom. The zero-order chi connectivity index (χ0) is 25.0. The molecule has 0 bridgehead atoms. The predicted molar refractivity (Wildman–Crippen MR) is 134 cm³/mol. The van der Waals surface area contributed by atoms with E-state index >= 15 is 0 Å². The molecule has 3 aromatic rings. The topological polar surface area (TPSA) is 101 Å². The van der Waals surface area contributed by atoms with Gasteiger partial charge >= 0.3 is 0 Å². The fourth-order valence-electron chi connectivity index (χ4n) is 3.91. The highest BCUT2D eigenvalue weighted by Crippen LogP contribution is 2.19. The SMILES string of the molecule is CC(C)C[C@H](CC(=O)[C@H](Cc1ccccc1)NC(=O)c1cnccn1)C(=O)NCc1ccccc1. The molecular formula is C28H32N4O3. The van der Waals surface area contributed by atoms with Gasteiger partial charge in [0.25, 0.3) is 5.91 Å². The molecule has 3 rings (SSSR count). The number of rotatable bonds is 12. The summed E-state index contributed by atoms with van der Waals surface area (Å²) < 4.78 is 0. The van der Waals surface area contributed by atoms with Crippen LogP contribution in [0.15, 0.2) is 79.3 Å². The fourth-order valence-corrected chi connectivity index (χ4v) is 3.91. The molecule has 0 aliphatic heterocycles. The van der Waals surface area contributed by atoms with E-state index in [4.69, 9.17) is 0 Å². The van der Waals surface area contributed by atoms with Crippen LogP contribution in [0.25, 0.3) is 0 Å². The minimum Gasteiger partial charge on any atom is -0.352 e. The summed E-state index contributed by atoms with van der Waals surface area (Å²) in [6.07, 6.45) is 5.20. The van der Waals surface area contributed by atoms with Crippen LogP contribution < -0.4 is 10.6 Å². The Hall–Kier alpha value is -3.87. The van der Waals surface area contributed by atoms with Crippen molar-refractivity contribution in [3.05, 3.63) is 96.1 Å². The van der Waals surface area contributed by atoms with Gasteiger partial charge in [0.05, 0.1) is 12.2 Å². The van der Waals surface area contributed by atoms with Crippen LogP contribution in [-0.4, -0.2) is 33.6 Å². The van der Waals surface area contributed by atoms with Crippen molar-refractivity contribution in [2.24, 2.45) is 11.8 Å². The van der Waals surface area contributed by atoms with Gasteiger partial charge < -0.3 is 10.6 Å². The molecule has 0 spiro atoms. The molecule has 2 atom stereocenters. The highest BCUT2D eigenvalue weighted by molar-refractivity contribution is 5.97. The Morgan fingerprint density at radius 1 is 0.886 bits per heavy atom. The second kappa shape index (κ2) is 13.1. The molecule has 182 valence electrons. The van der Waals surface area contributed by atoms with Crippen LogP contribution in [-0.2, 0) is 22.6 Å². The summed E-state index contributed by atoms with van der Waals surface area (Å²) in [6.45, 7) is 4.46. The Morgan fingerprint density at radius 3 is 2.14 bits per heavy atom. The van der Waals surface area contributed by atoms with Crippen molar-refractivity contribution in [1.82, 2.24) is 20.6 Å². The molecule has 0 saturated heterocycles. The minimum absolute atomic E-state index is 0.0387. The molecule has 2 N–H and O–H groups in total. The Labute approximate surface area is 206 Å². The van der Waals surface area contributed by atoms with Crippen LogP contribution in [0, 0.1) is 11.8 Å². The second-order valence-electron chi connectivity index (χ2n) is 9.01. The molecule has 0 aliphatic carbocycles. The third-order valence-electron chi connectivity index (χ3n) is 5.66. The molecule has 1 aromatic heterocycles. The van der Waals surface area contributed by atoms with Gasteiger partial charge in [-0.25, -0.2) is 4.98 Å². The normalized spacial score (nSPS) is 12.5. The number of nitrogens with one attached hydrogen (secondary N) is 2. The van der Waals surface area contributed by atoms with Gasteiger partial charge in [-0.15, -0.1) is 0 Å². The second-order valence-corrected chi connectivity index (χ2v) is 9.01. The number of ketones is 1. The molecule has 0 saturated carbocycles. The van der Waals surface area contributed by atoms with Crippen LogP contribution in [0.1, 0.15) is 48.3 Å². The Balaban J connectivity index is 1.73. The molecular weight excluding hydrogens is 440 g/mol. The van der Waals surface area contributed by atoms with Crippen LogP contribution in [0.2, 0.25) is 0 Å². The monoisotopic (exact) mass is 472 g/mol. The lowest BCUT2D eigenvalue weighted by atomic mass is 9.88. The first-order valence-electron chi connectivity index (χ1n) is 11.9. The van der Waals surface area contributed by atoms with E-state index in [1.807, 2.05) is 74.5 Å². The van der Waals surface area contributed by atoms with Crippen LogP contribution >= 0.6 is 0 Å². The molecule has 0 aliphatic rings. The van der Waals surface area contributed by atoms with Crippen molar-refractivity contribution in [3.63, 3.8) is 0 Å². The van der Waals surface area contributed by atoms with Gasteiger partial charge in [-0.1, -0.05) is 74.5 Å². The summed E-state index contributed by atoms with van der Waals surface area (Å²) in [7, 11) is 0. The van der Waals surface area contributed by atoms with Crippen molar-refractivity contribution in [1.29, 1.82) is 0 Å². The molecule has 0 radical (unpaired) electrons. The standard InChI is InChI=1S/C28H32N4O3/c1-20(2)15-23(27(34)31-18-22-11-7-4-8-12-22)17-26(33)24(16-21-9-5-3-6-10-21)32-28(35)25-19-29-13-14-30-25/h3-14,19-20,23-24H,15-18H2,1-2H3,(H,31,34)(H,32,35)/t23-,24+/m1/s1. The summed E-state index contributed by atoms with van der Waals surface area (Å²) in [5.74, 6) is -1.07. The van der Waals surface area contributed by atoms with E-state index < -0.39 is 17.9 Å². The van der Waals surface area contributed by atoms with E-state index in [1.165, 1.54) is 18.6 Å². The van der Waals surface area contributed by atoms with Crippen molar-refractivity contribution in [3.8, 4) is 0 Å². The van der Waals surface area contributed by atoms with E-state index in [0.717, 1.165) is 11.1 Å². The molecule has 0 unspecified atom stereocenters.